The number of nitrogens with one attached hydrogen (secondary N) is 2. The molecule has 2 aliphatic heterocycles. The summed E-state index contributed by atoms with van der Waals surface area (Å²) in [6.45, 7) is 5.01. The van der Waals surface area contributed by atoms with E-state index >= 15 is 0 Å². The van der Waals surface area contributed by atoms with E-state index in [-0.39, 0.29) is 11.9 Å². The molecule has 4 heterocycles. The molecule has 2 aliphatic rings. The fourth-order valence-corrected chi connectivity index (χ4v) is 4.02. The molecule has 4 rings (SSSR count). The molecule has 0 spiro atoms. The van der Waals surface area contributed by atoms with E-state index in [4.69, 9.17) is 4.74 Å². The van der Waals surface area contributed by atoms with Crippen LogP contribution in [0.2, 0.25) is 0 Å². The molecule has 2 atom stereocenters. The second kappa shape index (κ2) is 7.72. The number of aromatic nitrogens is 4. The maximum absolute atomic E-state index is 12.8. The second-order valence-corrected chi connectivity index (χ2v) is 7.68. The number of aryl methyl sites for hydroxylation is 2. The first-order chi connectivity index (χ1) is 13.1. The van der Waals surface area contributed by atoms with Gasteiger partial charge in [-0.25, -0.2) is 4.79 Å². The van der Waals surface area contributed by atoms with Gasteiger partial charge in [0.15, 0.2) is 0 Å². The highest BCUT2D eigenvalue weighted by Gasteiger charge is 2.27. The number of H-pyrrole nitrogens is 1. The summed E-state index contributed by atoms with van der Waals surface area (Å²) in [5.74, 6) is 1.34. The van der Waals surface area contributed by atoms with E-state index in [9.17, 15) is 4.79 Å². The molecule has 146 valence electrons. The van der Waals surface area contributed by atoms with Crippen LogP contribution in [0, 0.1) is 6.92 Å². The van der Waals surface area contributed by atoms with E-state index in [1.54, 1.807) is 4.68 Å². The van der Waals surface area contributed by atoms with Crippen molar-refractivity contribution in [3.05, 3.63) is 29.2 Å². The second-order valence-electron chi connectivity index (χ2n) is 7.68. The Balaban J connectivity index is 1.40. The molecule has 0 aliphatic carbocycles. The summed E-state index contributed by atoms with van der Waals surface area (Å²) < 4.78 is 7.31. The van der Waals surface area contributed by atoms with Crippen LogP contribution in [-0.2, 0) is 11.8 Å². The first kappa shape index (κ1) is 18.0. The number of hydrogen-bond acceptors (Lipinski definition) is 4. The number of amides is 2. The van der Waals surface area contributed by atoms with Crippen molar-refractivity contribution in [3.63, 3.8) is 0 Å². The van der Waals surface area contributed by atoms with Gasteiger partial charge in [-0.15, -0.1) is 0 Å². The van der Waals surface area contributed by atoms with Crippen molar-refractivity contribution < 1.29 is 9.53 Å². The van der Waals surface area contributed by atoms with Gasteiger partial charge < -0.3 is 9.64 Å². The van der Waals surface area contributed by atoms with E-state index in [1.165, 1.54) is 0 Å². The van der Waals surface area contributed by atoms with Gasteiger partial charge in [0, 0.05) is 50.3 Å². The van der Waals surface area contributed by atoms with Crippen molar-refractivity contribution in [1.29, 1.82) is 0 Å². The Kier molecular flexibility index (Phi) is 5.15. The minimum atomic E-state index is -0.0681. The summed E-state index contributed by atoms with van der Waals surface area (Å²) in [4.78, 5) is 14.7. The molecule has 8 heteroatoms. The molecule has 2 N–H and O–H groups in total. The van der Waals surface area contributed by atoms with E-state index in [2.05, 4.69) is 26.7 Å². The summed E-state index contributed by atoms with van der Waals surface area (Å²) in [5.41, 5.74) is 3.10. The van der Waals surface area contributed by atoms with Crippen LogP contribution in [0.15, 0.2) is 12.1 Å². The number of likely N-dealkylation sites (tertiary alicyclic amines) is 1. The molecule has 2 saturated heterocycles. The number of nitrogens with zero attached hydrogens (tertiary/aromatic N) is 4. The molecule has 0 bridgehead atoms. The fraction of sp³-hybridized carbons (Fsp3) is 0.632. The van der Waals surface area contributed by atoms with Crippen molar-refractivity contribution in [2.24, 2.45) is 7.05 Å². The van der Waals surface area contributed by atoms with Crippen LogP contribution in [0.4, 0.5) is 10.6 Å². The van der Waals surface area contributed by atoms with Gasteiger partial charge in [0.2, 0.25) is 0 Å². The zero-order chi connectivity index (χ0) is 18.8. The van der Waals surface area contributed by atoms with Crippen molar-refractivity contribution >= 4 is 11.8 Å². The highest BCUT2D eigenvalue weighted by Crippen LogP contribution is 2.28. The summed E-state index contributed by atoms with van der Waals surface area (Å²) in [6, 6.07) is 3.99. The van der Waals surface area contributed by atoms with Gasteiger partial charge in [0.25, 0.3) is 0 Å². The number of carbonyl (C=O) groups excluding carboxylic acids is 1. The van der Waals surface area contributed by atoms with Gasteiger partial charge in [-0.2, -0.15) is 10.2 Å². The third-order valence-corrected chi connectivity index (χ3v) is 5.56. The topological polar surface area (TPSA) is 88.1 Å². The predicted octanol–water partition coefficient (Wildman–Crippen LogP) is 2.76. The molecule has 2 unspecified atom stereocenters. The van der Waals surface area contributed by atoms with Crippen LogP contribution in [0.5, 0.6) is 0 Å². The molecule has 0 radical (unpaired) electrons. The van der Waals surface area contributed by atoms with E-state index < -0.39 is 0 Å². The number of anilines is 1. The number of hydrogen-bond donors (Lipinski definition) is 2. The maximum atomic E-state index is 12.8. The number of rotatable bonds is 3. The van der Waals surface area contributed by atoms with Crippen molar-refractivity contribution in [2.75, 3.05) is 31.6 Å². The Labute approximate surface area is 159 Å². The molecule has 2 aromatic rings. The minimum Gasteiger partial charge on any atom is -0.381 e. The third kappa shape index (κ3) is 4.00. The zero-order valence-electron chi connectivity index (χ0n) is 16.1. The Morgan fingerprint density at radius 2 is 2.11 bits per heavy atom. The highest BCUT2D eigenvalue weighted by molar-refractivity contribution is 5.88. The first-order valence-corrected chi connectivity index (χ1v) is 9.79. The monoisotopic (exact) mass is 372 g/mol. The minimum absolute atomic E-state index is 0.0681. The highest BCUT2D eigenvalue weighted by atomic mass is 16.5. The van der Waals surface area contributed by atoms with Crippen LogP contribution < -0.4 is 5.32 Å². The van der Waals surface area contributed by atoms with Crippen LogP contribution in [0.25, 0.3) is 0 Å². The van der Waals surface area contributed by atoms with Gasteiger partial charge in [-0.05, 0) is 38.7 Å². The number of urea groups is 1. The first-order valence-electron chi connectivity index (χ1n) is 9.79. The number of carbonyl (C=O) groups is 1. The average molecular weight is 372 g/mol. The summed E-state index contributed by atoms with van der Waals surface area (Å²) in [7, 11) is 1.87. The standard InChI is InChI=1S/C19H28N6O2/c1-13-9-16(22-21-13)14-5-3-7-25(11-14)19(26)20-18-10-17(23-24(18)2)15-6-4-8-27-12-15/h9-10,14-15H,3-8,11-12H2,1-2H3,(H,20,26)(H,21,22). The third-order valence-electron chi connectivity index (χ3n) is 5.56. The van der Waals surface area contributed by atoms with Gasteiger partial charge in [-0.3, -0.25) is 15.1 Å². The number of aromatic amines is 1. The van der Waals surface area contributed by atoms with Gasteiger partial charge >= 0.3 is 6.03 Å². The largest absolute Gasteiger partial charge is 0.381 e. The van der Waals surface area contributed by atoms with Gasteiger partial charge in [0.1, 0.15) is 5.82 Å². The van der Waals surface area contributed by atoms with E-state index in [0.717, 1.165) is 61.7 Å². The lowest BCUT2D eigenvalue weighted by atomic mass is 9.95. The number of ether oxygens (including phenoxy) is 1. The van der Waals surface area contributed by atoms with Crippen molar-refractivity contribution in [2.45, 2.75) is 44.4 Å². The molecule has 0 aromatic carbocycles. The zero-order valence-corrected chi connectivity index (χ0v) is 16.1. The molecular formula is C19H28N6O2. The quantitative estimate of drug-likeness (QED) is 0.867. The Morgan fingerprint density at radius 3 is 2.85 bits per heavy atom. The number of piperidine rings is 1. The van der Waals surface area contributed by atoms with Crippen LogP contribution in [-0.4, -0.2) is 57.2 Å². The Bertz CT molecular complexity index is 792. The normalized spacial score (nSPS) is 23.4. The smallest absolute Gasteiger partial charge is 0.323 e. The molecule has 27 heavy (non-hydrogen) atoms. The Hall–Kier alpha value is -2.35. The molecule has 2 amide bonds. The lowest BCUT2D eigenvalue weighted by Crippen LogP contribution is -2.42. The summed E-state index contributed by atoms with van der Waals surface area (Å²) >= 11 is 0. The van der Waals surface area contributed by atoms with Crippen LogP contribution in [0.1, 0.15) is 54.6 Å². The molecule has 0 saturated carbocycles. The van der Waals surface area contributed by atoms with Crippen molar-refractivity contribution in [3.8, 4) is 0 Å². The van der Waals surface area contributed by atoms with Crippen LogP contribution in [0.3, 0.4) is 0 Å². The van der Waals surface area contributed by atoms with Gasteiger partial charge in [0.05, 0.1) is 18.0 Å². The molecule has 2 aromatic heterocycles. The van der Waals surface area contributed by atoms with Gasteiger partial charge in [-0.1, -0.05) is 0 Å². The maximum Gasteiger partial charge on any atom is 0.323 e. The van der Waals surface area contributed by atoms with E-state index in [0.29, 0.717) is 19.1 Å². The summed E-state index contributed by atoms with van der Waals surface area (Å²) in [5, 5.41) is 15.0. The molecule has 2 fully saturated rings. The van der Waals surface area contributed by atoms with Crippen molar-refractivity contribution in [1.82, 2.24) is 24.9 Å². The van der Waals surface area contributed by atoms with E-state index in [1.807, 2.05) is 24.9 Å². The lowest BCUT2D eigenvalue weighted by Gasteiger charge is -2.31. The lowest BCUT2D eigenvalue weighted by molar-refractivity contribution is 0.0791. The average Bonchev–Trinajstić information content (AvgIpc) is 3.29. The predicted molar refractivity (Wildman–Crippen MR) is 102 cm³/mol. The Morgan fingerprint density at radius 1 is 1.26 bits per heavy atom. The fourth-order valence-electron chi connectivity index (χ4n) is 4.02. The molecular weight excluding hydrogens is 344 g/mol. The SMILES string of the molecule is Cc1cc(C2CCCN(C(=O)Nc3cc(C4CCCOC4)nn3C)C2)n[nH]1. The summed E-state index contributed by atoms with van der Waals surface area (Å²) in [6.07, 6.45) is 4.19. The van der Waals surface area contributed by atoms with Crippen LogP contribution >= 0.6 is 0 Å². The molecule has 8 nitrogen and oxygen atoms in total.